The molecule has 7 nitrogen and oxygen atoms in total. The van der Waals surface area contributed by atoms with Crippen LogP contribution >= 0.6 is 7.60 Å². The third-order valence-electron chi connectivity index (χ3n) is 6.81. The van der Waals surface area contributed by atoms with Gasteiger partial charge >= 0.3 is 7.60 Å². The molecule has 39 heavy (non-hydrogen) atoms. The molecule has 1 aliphatic rings. The molecule has 0 aromatic heterocycles. The van der Waals surface area contributed by atoms with Crippen molar-refractivity contribution < 1.29 is 18.4 Å². The molecule has 206 valence electrons. The Bertz CT molecular complexity index is 1340. The number of hydrogen-bond donors (Lipinski definition) is 2. The van der Waals surface area contributed by atoms with Crippen molar-refractivity contribution in [3.8, 4) is 0 Å². The summed E-state index contributed by atoms with van der Waals surface area (Å²) in [5.41, 5.74) is 5.45. The second-order valence-corrected chi connectivity index (χ2v) is 11.3. The van der Waals surface area contributed by atoms with E-state index in [0.29, 0.717) is 27.8 Å². The van der Waals surface area contributed by atoms with Gasteiger partial charge in [-0.25, -0.2) is 0 Å². The van der Waals surface area contributed by atoms with Gasteiger partial charge in [-0.05, 0) is 74.8 Å². The van der Waals surface area contributed by atoms with E-state index in [9.17, 15) is 9.36 Å². The van der Waals surface area contributed by atoms with Gasteiger partial charge in [-0.15, -0.1) is 0 Å². The van der Waals surface area contributed by atoms with Gasteiger partial charge in [0.05, 0.1) is 29.8 Å². The Balaban J connectivity index is 1.73. The highest BCUT2D eigenvalue weighted by atomic mass is 31.2. The molecule has 0 aliphatic carbocycles. The molecule has 0 saturated heterocycles. The maximum atomic E-state index is 13.5. The Morgan fingerprint density at radius 3 is 2.18 bits per heavy atom. The van der Waals surface area contributed by atoms with E-state index in [-0.39, 0.29) is 19.1 Å². The van der Waals surface area contributed by atoms with Crippen molar-refractivity contribution in [3.05, 3.63) is 89.5 Å². The smallest absolute Gasteiger partial charge is 0.354 e. The van der Waals surface area contributed by atoms with Crippen molar-refractivity contribution in [1.82, 2.24) is 4.90 Å². The molecular formula is C31H38N3O4P. The second-order valence-electron chi connectivity index (χ2n) is 9.23. The minimum atomic E-state index is -3.53. The van der Waals surface area contributed by atoms with Crippen molar-refractivity contribution >= 4 is 41.5 Å². The van der Waals surface area contributed by atoms with Gasteiger partial charge in [0.25, 0.3) is 5.91 Å². The summed E-state index contributed by atoms with van der Waals surface area (Å²) < 4.78 is 24.7. The van der Waals surface area contributed by atoms with Gasteiger partial charge < -0.3 is 24.6 Å². The standard InChI is InChI=1S/C31H38N3O4P/c1-5-34(6-2)21-20-23-14-16-25(17-15-23)32-30(24-12-10-9-11-13-24)29-27-22-26(18-19-28(27)33-31(29)35)39(36,37-7-3)38-8-4/h9-19,22,32H,5-8,20-21H2,1-4H3,(H,33,35)/b30-29-. The fraction of sp³-hybridized carbons (Fsp3) is 0.323. The van der Waals surface area contributed by atoms with Gasteiger partial charge in [0.15, 0.2) is 0 Å². The predicted octanol–water partition coefficient (Wildman–Crippen LogP) is 6.39. The summed E-state index contributed by atoms with van der Waals surface area (Å²) >= 11 is 0. The molecule has 2 N–H and O–H groups in total. The number of amides is 1. The zero-order chi connectivity index (χ0) is 27.8. The van der Waals surface area contributed by atoms with Gasteiger partial charge in [-0.1, -0.05) is 56.3 Å². The first-order chi connectivity index (χ1) is 18.9. The number of carbonyl (C=O) groups is 1. The van der Waals surface area contributed by atoms with E-state index in [1.807, 2.05) is 42.5 Å². The van der Waals surface area contributed by atoms with Gasteiger partial charge in [0, 0.05) is 23.5 Å². The number of carbonyl (C=O) groups excluding carboxylic acids is 1. The zero-order valence-electron chi connectivity index (χ0n) is 23.2. The molecule has 1 aliphatic heterocycles. The first-order valence-corrected chi connectivity index (χ1v) is 15.2. The van der Waals surface area contributed by atoms with Gasteiger partial charge in [0.1, 0.15) is 0 Å². The molecule has 0 bridgehead atoms. The predicted molar refractivity (Wildman–Crippen MR) is 160 cm³/mol. The lowest BCUT2D eigenvalue weighted by atomic mass is 10.00. The number of nitrogens with one attached hydrogen (secondary N) is 2. The van der Waals surface area contributed by atoms with Crippen LogP contribution in [0.3, 0.4) is 0 Å². The third kappa shape index (κ3) is 6.68. The van der Waals surface area contributed by atoms with Crippen LogP contribution in [-0.2, 0) is 24.8 Å². The summed E-state index contributed by atoms with van der Waals surface area (Å²) in [5, 5.41) is 6.89. The Morgan fingerprint density at radius 1 is 0.897 bits per heavy atom. The Hall–Kier alpha value is -3.22. The zero-order valence-corrected chi connectivity index (χ0v) is 24.1. The molecule has 1 amide bonds. The topological polar surface area (TPSA) is 79.9 Å². The fourth-order valence-electron chi connectivity index (χ4n) is 4.71. The van der Waals surface area contributed by atoms with E-state index in [1.165, 1.54) is 5.56 Å². The molecule has 0 fully saturated rings. The summed E-state index contributed by atoms with van der Waals surface area (Å²) in [5.74, 6) is -0.230. The molecule has 8 heteroatoms. The highest BCUT2D eigenvalue weighted by Crippen LogP contribution is 2.48. The van der Waals surface area contributed by atoms with E-state index < -0.39 is 7.60 Å². The van der Waals surface area contributed by atoms with Crippen LogP contribution in [0, 0.1) is 0 Å². The first-order valence-electron chi connectivity index (χ1n) is 13.7. The van der Waals surface area contributed by atoms with E-state index in [2.05, 4.69) is 41.5 Å². The summed E-state index contributed by atoms with van der Waals surface area (Å²) in [6, 6.07) is 23.3. The van der Waals surface area contributed by atoms with Crippen LogP contribution < -0.4 is 15.9 Å². The quantitative estimate of drug-likeness (QED) is 0.191. The Kier molecular flexibility index (Phi) is 9.76. The molecule has 3 aromatic carbocycles. The number of rotatable bonds is 13. The van der Waals surface area contributed by atoms with Crippen molar-refractivity contribution in [2.45, 2.75) is 34.1 Å². The minimum Gasteiger partial charge on any atom is -0.354 e. The second kappa shape index (κ2) is 13.2. The van der Waals surface area contributed by atoms with Gasteiger partial charge in [-0.3, -0.25) is 9.36 Å². The number of hydrogen-bond acceptors (Lipinski definition) is 6. The molecule has 3 aromatic rings. The number of benzene rings is 3. The highest BCUT2D eigenvalue weighted by Gasteiger charge is 2.33. The molecule has 0 spiro atoms. The van der Waals surface area contributed by atoms with Crippen molar-refractivity contribution in [3.63, 3.8) is 0 Å². The normalized spacial score (nSPS) is 14.3. The van der Waals surface area contributed by atoms with E-state index in [0.717, 1.165) is 37.3 Å². The van der Waals surface area contributed by atoms with E-state index in [1.54, 1.807) is 32.0 Å². The fourth-order valence-corrected chi connectivity index (χ4v) is 6.31. The van der Waals surface area contributed by atoms with Gasteiger partial charge in [0.2, 0.25) is 0 Å². The molecule has 4 rings (SSSR count). The van der Waals surface area contributed by atoms with E-state index >= 15 is 0 Å². The minimum absolute atomic E-state index is 0.230. The lowest BCUT2D eigenvalue weighted by Gasteiger charge is -2.19. The Labute approximate surface area is 231 Å². The van der Waals surface area contributed by atoms with Crippen molar-refractivity contribution in [1.29, 1.82) is 0 Å². The van der Waals surface area contributed by atoms with Crippen LogP contribution in [0.15, 0.2) is 72.8 Å². The number of anilines is 2. The SMILES string of the molecule is CCOP(=O)(OCC)c1ccc2c(c1)/C(=C(/Nc1ccc(CCN(CC)CC)cc1)c1ccccc1)C(=O)N2. The number of likely N-dealkylation sites (N-methyl/N-ethyl adjacent to an activating group) is 1. The number of fused-ring (bicyclic) bond motifs is 1. The highest BCUT2D eigenvalue weighted by molar-refractivity contribution is 7.62. The van der Waals surface area contributed by atoms with Crippen LogP contribution in [-0.4, -0.2) is 43.7 Å². The van der Waals surface area contributed by atoms with Crippen molar-refractivity contribution in [2.75, 3.05) is 43.5 Å². The van der Waals surface area contributed by atoms with Crippen LogP contribution in [0.1, 0.15) is 44.4 Å². The van der Waals surface area contributed by atoms with Gasteiger partial charge in [-0.2, -0.15) is 0 Å². The summed E-state index contributed by atoms with van der Waals surface area (Å²) in [4.78, 5) is 15.8. The first kappa shape index (κ1) is 28.8. The van der Waals surface area contributed by atoms with Crippen LogP contribution in [0.2, 0.25) is 0 Å². The lowest BCUT2D eigenvalue weighted by Crippen LogP contribution is -2.25. The molecular weight excluding hydrogens is 509 g/mol. The molecule has 0 saturated carbocycles. The summed E-state index contributed by atoms with van der Waals surface area (Å²) in [6.07, 6.45) is 0.979. The maximum Gasteiger partial charge on any atom is 0.361 e. The average molecular weight is 548 g/mol. The number of nitrogens with zero attached hydrogens (tertiary/aromatic N) is 1. The average Bonchev–Trinajstić information content (AvgIpc) is 3.28. The third-order valence-corrected chi connectivity index (χ3v) is 8.92. The van der Waals surface area contributed by atoms with Crippen molar-refractivity contribution in [2.24, 2.45) is 0 Å². The molecule has 0 radical (unpaired) electrons. The van der Waals surface area contributed by atoms with Crippen LogP contribution in [0.4, 0.5) is 11.4 Å². The van der Waals surface area contributed by atoms with E-state index in [4.69, 9.17) is 9.05 Å². The van der Waals surface area contributed by atoms with Crippen LogP contribution in [0.25, 0.3) is 11.3 Å². The molecule has 1 heterocycles. The molecule has 0 atom stereocenters. The lowest BCUT2D eigenvalue weighted by molar-refractivity contribution is -0.110. The summed E-state index contributed by atoms with van der Waals surface area (Å²) in [6.45, 7) is 11.5. The maximum absolute atomic E-state index is 13.5. The monoisotopic (exact) mass is 547 g/mol. The largest absolute Gasteiger partial charge is 0.361 e. The Morgan fingerprint density at radius 2 is 1.56 bits per heavy atom. The molecule has 0 unspecified atom stereocenters. The summed E-state index contributed by atoms with van der Waals surface area (Å²) in [7, 11) is -3.53. The van der Waals surface area contributed by atoms with Crippen LogP contribution in [0.5, 0.6) is 0 Å².